The maximum atomic E-state index is 13.0. The van der Waals surface area contributed by atoms with Gasteiger partial charge in [0, 0.05) is 19.2 Å². The van der Waals surface area contributed by atoms with Crippen molar-refractivity contribution in [1.29, 1.82) is 0 Å². The third-order valence-electron chi connectivity index (χ3n) is 5.76. The number of hydrogen-bond acceptors (Lipinski definition) is 4. The van der Waals surface area contributed by atoms with Crippen LogP contribution >= 0.6 is 0 Å². The van der Waals surface area contributed by atoms with Gasteiger partial charge in [-0.2, -0.15) is 13.2 Å². The molecule has 1 aromatic heterocycles. The average Bonchev–Trinajstić information content (AvgIpc) is 3.37. The number of aromatic nitrogens is 2. The first-order valence-electron chi connectivity index (χ1n) is 10.2. The zero-order valence-corrected chi connectivity index (χ0v) is 17.0. The van der Waals surface area contributed by atoms with Gasteiger partial charge in [-0.05, 0) is 38.5 Å². The van der Waals surface area contributed by atoms with Gasteiger partial charge >= 0.3 is 6.18 Å². The van der Waals surface area contributed by atoms with E-state index in [0.717, 1.165) is 12.1 Å². The smallest absolute Gasteiger partial charge is 0.375 e. The van der Waals surface area contributed by atoms with E-state index < -0.39 is 42.2 Å². The first-order chi connectivity index (χ1) is 14.0. The quantitative estimate of drug-likeness (QED) is 0.650. The van der Waals surface area contributed by atoms with Gasteiger partial charge in [0.2, 0.25) is 0 Å². The van der Waals surface area contributed by atoms with E-state index in [4.69, 9.17) is 4.74 Å². The van der Waals surface area contributed by atoms with Crippen molar-refractivity contribution in [2.45, 2.75) is 76.7 Å². The molecule has 0 saturated carbocycles. The van der Waals surface area contributed by atoms with E-state index in [-0.39, 0.29) is 12.4 Å². The summed E-state index contributed by atoms with van der Waals surface area (Å²) in [4.78, 5) is 19.3. The molecule has 0 N–H and O–H groups in total. The van der Waals surface area contributed by atoms with Gasteiger partial charge in [-0.15, -0.1) is 0 Å². The SMILES string of the molecule is CCC[C@@H]1CC2CCC1O2.Cc1ncc(C(=O)N2CCC(F)(F)C2)c(C(F)(F)F)n1. The van der Waals surface area contributed by atoms with Crippen molar-refractivity contribution in [2.75, 3.05) is 13.1 Å². The molecule has 3 aliphatic rings. The molecule has 1 amide bonds. The molecule has 4 rings (SSSR count). The van der Waals surface area contributed by atoms with Gasteiger partial charge in [0.1, 0.15) is 5.82 Å². The molecule has 0 aliphatic carbocycles. The van der Waals surface area contributed by atoms with Crippen molar-refractivity contribution in [1.82, 2.24) is 14.9 Å². The lowest BCUT2D eigenvalue weighted by molar-refractivity contribution is -0.141. The minimum absolute atomic E-state index is 0.152. The number of rotatable bonds is 3. The van der Waals surface area contributed by atoms with Crippen molar-refractivity contribution in [3.05, 3.63) is 23.3 Å². The summed E-state index contributed by atoms with van der Waals surface area (Å²) in [5, 5.41) is 0. The summed E-state index contributed by atoms with van der Waals surface area (Å²) in [7, 11) is 0. The molecule has 3 saturated heterocycles. The standard InChI is InChI=1S/C11H10F5N3O.C9H16O/c1-6-17-4-7(8(18-6)11(14,15)16)9(20)19-3-2-10(12,13)5-19;1-2-3-7-6-8-4-5-9(7)10-8/h4H,2-3,5H2,1H3;7-9H,2-6H2,1H3/t;7-,8?,9?/m.1/s1. The average molecular weight is 435 g/mol. The number of nitrogens with zero attached hydrogens (tertiary/aromatic N) is 3. The summed E-state index contributed by atoms with van der Waals surface area (Å²) < 4.78 is 70.2. The van der Waals surface area contributed by atoms with Crippen LogP contribution in [0.15, 0.2) is 6.20 Å². The topological polar surface area (TPSA) is 55.3 Å². The molecule has 3 aliphatic heterocycles. The van der Waals surface area contributed by atoms with Crippen molar-refractivity contribution in [3.8, 4) is 0 Å². The molecular weight excluding hydrogens is 409 g/mol. The largest absolute Gasteiger partial charge is 0.434 e. The predicted molar refractivity (Wildman–Crippen MR) is 98.1 cm³/mol. The second-order valence-electron chi connectivity index (χ2n) is 8.17. The van der Waals surface area contributed by atoms with E-state index in [1.165, 1.54) is 39.0 Å². The molecule has 3 fully saturated rings. The van der Waals surface area contributed by atoms with Crippen LogP contribution in [0.3, 0.4) is 0 Å². The van der Waals surface area contributed by atoms with E-state index in [2.05, 4.69) is 16.9 Å². The summed E-state index contributed by atoms with van der Waals surface area (Å²) in [5.41, 5.74) is -2.20. The molecule has 0 spiro atoms. The lowest BCUT2D eigenvalue weighted by Crippen LogP contribution is -2.33. The lowest BCUT2D eigenvalue weighted by atomic mass is 9.86. The number of hydrogen-bond donors (Lipinski definition) is 0. The lowest BCUT2D eigenvalue weighted by Gasteiger charge is -2.18. The van der Waals surface area contributed by atoms with E-state index >= 15 is 0 Å². The molecular formula is C20H26F5N3O2. The number of halogens is 5. The van der Waals surface area contributed by atoms with Crippen molar-refractivity contribution in [3.63, 3.8) is 0 Å². The van der Waals surface area contributed by atoms with E-state index in [9.17, 15) is 26.7 Å². The van der Waals surface area contributed by atoms with Crippen molar-refractivity contribution >= 4 is 5.91 Å². The van der Waals surface area contributed by atoms with Crippen LogP contribution in [0.2, 0.25) is 0 Å². The number of fused-ring (bicyclic) bond motifs is 2. The van der Waals surface area contributed by atoms with Gasteiger partial charge in [0.05, 0.1) is 24.3 Å². The second-order valence-corrected chi connectivity index (χ2v) is 8.17. The highest BCUT2D eigenvalue weighted by Gasteiger charge is 2.44. The first kappa shape index (κ1) is 22.8. The molecule has 5 nitrogen and oxygen atoms in total. The fourth-order valence-electron chi connectivity index (χ4n) is 4.34. The van der Waals surface area contributed by atoms with Crippen LogP contribution in [-0.4, -0.2) is 52.0 Å². The van der Waals surface area contributed by atoms with Crippen LogP contribution in [0.1, 0.15) is 67.3 Å². The van der Waals surface area contributed by atoms with Gasteiger partial charge < -0.3 is 9.64 Å². The Morgan fingerprint density at radius 3 is 2.57 bits per heavy atom. The van der Waals surface area contributed by atoms with Gasteiger partial charge in [0.15, 0.2) is 5.69 Å². The van der Waals surface area contributed by atoms with Gasteiger partial charge in [-0.3, -0.25) is 4.79 Å². The second kappa shape index (κ2) is 8.72. The molecule has 3 atom stereocenters. The van der Waals surface area contributed by atoms with Gasteiger partial charge in [-0.1, -0.05) is 13.3 Å². The number of amides is 1. The Labute approximate surface area is 172 Å². The number of ether oxygens (including phenoxy) is 1. The Morgan fingerprint density at radius 2 is 2.07 bits per heavy atom. The molecule has 168 valence electrons. The first-order valence-corrected chi connectivity index (χ1v) is 10.2. The van der Waals surface area contributed by atoms with Crippen LogP contribution in [0.4, 0.5) is 22.0 Å². The number of carbonyl (C=O) groups excluding carboxylic acids is 1. The molecule has 4 heterocycles. The van der Waals surface area contributed by atoms with Crippen LogP contribution in [0.25, 0.3) is 0 Å². The Morgan fingerprint density at radius 1 is 1.33 bits per heavy atom. The summed E-state index contributed by atoms with van der Waals surface area (Å²) in [6, 6.07) is 0. The molecule has 10 heteroatoms. The zero-order chi connectivity index (χ0) is 22.1. The predicted octanol–water partition coefficient (Wildman–Crippen LogP) is 4.64. The highest BCUT2D eigenvalue weighted by molar-refractivity contribution is 5.95. The maximum Gasteiger partial charge on any atom is 0.434 e. The molecule has 0 aromatic carbocycles. The van der Waals surface area contributed by atoms with Crippen molar-refractivity contribution < 1.29 is 31.5 Å². The molecule has 30 heavy (non-hydrogen) atoms. The fraction of sp³-hybridized carbons (Fsp3) is 0.750. The van der Waals surface area contributed by atoms with Crippen molar-refractivity contribution in [2.24, 2.45) is 5.92 Å². The number of likely N-dealkylation sites (tertiary alicyclic amines) is 1. The minimum Gasteiger partial charge on any atom is -0.375 e. The molecule has 1 aromatic rings. The summed E-state index contributed by atoms with van der Waals surface area (Å²) in [6.07, 6.45) is 3.39. The highest BCUT2D eigenvalue weighted by Crippen LogP contribution is 2.40. The minimum atomic E-state index is -4.85. The van der Waals surface area contributed by atoms with Crippen LogP contribution < -0.4 is 0 Å². The Hall–Kier alpha value is -1.84. The summed E-state index contributed by atoms with van der Waals surface area (Å²) in [6.45, 7) is 2.33. The van der Waals surface area contributed by atoms with Gasteiger partial charge in [0.25, 0.3) is 11.8 Å². The molecule has 2 unspecified atom stereocenters. The third kappa shape index (κ3) is 5.25. The number of aryl methyl sites for hydroxylation is 1. The Kier molecular flexibility index (Phi) is 6.64. The van der Waals surface area contributed by atoms with E-state index in [1.807, 2.05) is 0 Å². The highest BCUT2D eigenvalue weighted by atomic mass is 19.4. The molecule has 0 radical (unpaired) electrons. The van der Waals surface area contributed by atoms with Gasteiger partial charge in [-0.25, -0.2) is 18.7 Å². The zero-order valence-electron chi connectivity index (χ0n) is 17.0. The van der Waals surface area contributed by atoms with Crippen LogP contribution in [-0.2, 0) is 10.9 Å². The van der Waals surface area contributed by atoms with E-state index in [0.29, 0.717) is 17.1 Å². The Balaban J connectivity index is 0.000000212. The Bertz CT molecular complexity index is 771. The number of carbonyl (C=O) groups is 1. The van der Waals surface area contributed by atoms with E-state index in [1.54, 1.807) is 0 Å². The summed E-state index contributed by atoms with van der Waals surface area (Å²) in [5.74, 6) is -3.43. The monoisotopic (exact) mass is 435 g/mol. The maximum absolute atomic E-state index is 13.0. The fourth-order valence-corrected chi connectivity index (χ4v) is 4.34. The summed E-state index contributed by atoms with van der Waals surface area (Å²) >= 11 is 0. The number of alkyl halides is 5. The van der Waals surface area contributed by atoms with Crippen LogP contribution in [0, 0.1) is 12.8 Å². The van der Waals surface area contributed by atoms with Crippen LogP contribution in [0.5, 0.6) is 0 Å². The normalized spacial score (nSPS) is 27.2. The third-order valence-corrected chi connectivity index (χ3v) is 5.76. The molecule has 2 bridgehead atoms.